The van der Waals surface area contributed by atoms with Crippen LogP contribution in [-0.2, 0) is 14.3 Å². The van der Waals surface area contributed by atoms with Crippen LogP contribution in [0.4, 0.5) is 0 Å². The molecule has 0 atom stereocenters. The van der Waals surface area contributed by atoms with Gasteiger partial charge in [0.2, 0.25) is 0 Å². The van der Waals surface area contributed by atoms with Crippen molar-refractivity contribution in [3.8, 4) is 0 Å². The molecule has 1 N–H and O–H groups in total. The van der Waals surface area contributed by atoms with Gasteiger partial charge in [-0.2, -0.15) is 0 Å². The van der Waals surface area contributed by atoms with Crippen LogP contribution in [0.25, 0.3) is 0 Å². The van der Waals surface area contributed by atoms with Crippen LogP contribution in [0.5, 0.6) is 0 Å². The minimum absolute atomic E-state index is 0.136. The van der Waals surface area contributed by atoms with Crippen LogP contribution in [-0.4, -0.2) is 38.9 Å². The van der Waals surface area contributed by atoms with E-state index < -0.39 is 0 Å². The Hall–Kier alpha value is -0.610. The Morgan fingerprint density at radius 1 is 1.25 bits per heavy atom. The maximum absolute atomic E-state index is 11.5. The number of nitrogens with one attached hydrogen (secondary N) is 1. The van der Waals surface area contributed by atoms with Crippen LogP contribution >= 0.6 is 0 Å². The van der Waals surface area contributed by atoms with E-state index in [-0.39, 0.29) is 12.1 Å². The van der Waals surface area contributed by atoms with Crippen molar-refractivity contribution in [2.24, 2.45) is 0 Å². The molecule has 0 radical (unpaired) electrons. The number of hydrogen-bond acceptors (Lipinski definition) is 4. The second kappa shape index (κ2) is 8.53. The first-order chi connectivity index (χ1) is 7.83. The zero-order valence-corrected chi connectivity index (χ0v) is 10.2. The molecule has 94 valence electrons. The Kier molecular flexibility index (Phi) is 7.17. The largest absolute Gasteiger partial charge is 0.461 e. The van der Waals surface area contributed by atoms with Gasteiger partial charge in [0, 0.05) is 13.7 Å². The number of hydrogen-bond donors (Lipinski definition) is 1. The number of ether oxygens (including phenoxy) is 2. The molecular weight excluding hydrogens is 206 g/mol. The van der Waals surface area contributed by atoms with Gasteiger partial charge in [-0.1, -0.05) is 12.8 Å². The summed E-state index contributed by atoms with van der Waals surface area (Å²) in [6, 6.07) is 0. The summed E-state index contributed by atoms with van der Waals surface area (Å²) in [7, 11) is 1.64. The summed E-state index contributed by atoms with van der Waals surface area (Å²) in [6.07, 6.45) is 7.15. The molecule has 1 rings (SSSR count). The highest BCUT2D eigenvalue weighted by molar-refractivity contribution is 5.71. The first-order valence-electron chi connectivity index (χ1n) is 6.22. The van der Waals surface area contributed by atoms with Gasteiger partial charge in [-0.25, -0.2) is 0 Å². The Balaban J connectivity index is 2.07. The molecule has 0 amide bonds. The standard InChI is InChI=1S/C12H23NO3/c1-15-9-8-13-10-12(14)16-11-6-4-2-3-5-7-11/h11,13H,2-10H2,1H3. The third-order valence-corrected chi connectivity index (χ3v) is 2.85. The third-order valence-electron chi connectivity index (χ3n) is 2.85. The van der Waals surface area contributed by atoms with Crippen LogP contribution in [0, 0.1) is 0 Å². The van der Waals surface area contributed by atoms with Crippen LogP contribution in [0.2, 0.25) is 0 Å². The van der Waals surface area contributed by atoms with E-state index in [1.54, 1.807) is 7.11 Å². The summed E-state index contributed by atoms with van der Waals surface area (Å²) in [5, 5.41) is 2.99. The first kappa shape index (κ1) is 13.5. The molecule has 0 bridgehead atoms. The number of methoxy groups -OCH3 is 1. The van der Waals surface area contributed by atoms with Crippen molar-refractivity contribution in [2.45, 2.75) is 44.6 Å². The SMILES string of the molecule is COCCNCC(=O)OC1CCCCCC1. The van der Waals surface area contributed by atoms with Crippen molar-refractivity contribution in [1.29, 1.82) is 0 Å². The minimum Gasteiger partial charge on any atom is -0.461 e. The van der Waals surface area contributed by atoms with E-state index in [2.05, 4.69) is 5.32 Å². The summed E-state index contributed by atoms with van der Waals surface area (Å²) in [5.41, 5.74) is 0. The Morgan fingerprint density at radius 2 is 1.94 bits per heavy atom. The quantitative estimate of drug-likeness (QED) is 0.426. The molecule has 1 saturated carbocycles. The van der Waals surface area contributed by atoms with Crippen LogP contribution in [0.1, 0.15) is 38.5 Å². The fourth-order valence-electron chi connectivity index (χ4n) is 1.95. The summed E-state index contributed by atoms with van der Waals surface area (Å²) >= 11 is 0. The van der Waals surface area contributed by atoms with Crippen molar-refractivity contribution >= 4 is 5.97 Å². The minimum atomic E-state index is -0.136. The first-order valence-corrected chi connectivity index (χ1v) is 6.22. The lowest BCUT2D eigenvalue weighted by atomic mass is 10.1. The second-order valence-electron chi connectivity index (χ2n) is 4.27. The van der Waals surface area contributed by atoms with E-state index in [1.807, 2.05) is 0 Å². The summed E-state index contributed by atoms with van der Waals surface area (Å²) in [6.45, 7) is 1.60. The lowest BCUT2D eigenvalue weighted by Gasteiger charge is -2.15. The Labute approximate surface area is 97.7 Å². The predicted molar refractivity (Wildman–Crippen MR) is 62.3 cm³/mol. The number of carbonyl (C=O) groups excluding carboxylic acids is 1. The van der Waals surface area contributed by atoms with Gasteiger partial charge >= 0.3 is 5.97 Å². The molecule has 0 aromatic rings. The van der Waals surface area contributed by atoms with E-state index in [4.69, 9.17) is 9.47 Å². The Bertz CT molecular complexity index is 189. The zero-order chi connectivity index (χ0) is 11.6. The maximum atomic E-state index is 11.5. The fourth-order valence-corrected chi connectivity index (χ4v) is 1.95. The van der Waals surface area contributed by atoms with Gasteiger partial charge < -0.3 is 14.8 Å². The molecule has 4 nitrogen and oxygen atoms in total. The van der Waals surface area contributed by atoms with Gasteiger partial charge in [0.25, 0.3) is 0 Å². The van der Waals surface area contributed by atoms with Crippen molar-refractivity contribution in [2.75, 3.05) is 26.8 Å². The molecule has 4 heteroatoms. The lowest BCUT2D eigenvalue weighted by molar-refractivity contribution is -0.148. The molecule has 0 aromatic carbocycles. The van der Waals surface area contributed by atoms with Gasteiger partial charge in [0.15, 0.2) is 0 Å². The highest BCUT2D eigenvalue weighted by Crippen LogP contribution is 2.19. The predicted octanol–water partition coefficient (Wildman–Crippen LogP) is 1.49. The molecule has 0 aromatic heterocycles. The fraction of sp³-hybridized carbons (Fsp3) is 0.917. The van der Waals surface area contributed by atoms with Gasteiger partial charge in [0.05, 0.1) is 13.2 Å². The molecule has 0 heterocycles. The molecule has 1 aliphatic rings. The van der Waals surface area contributed by atoms with Crippen molar-refractivity contribution in [3.05, 3.63) is 0 Å². The van der Waals surface area contributed by atoms with Crippen molar-refractivity contribution in [1.82, 2.24) is 5.32 Å². The van der Waals surface area contributed by atoms with Gasteiger partial charge in [-0.3, -0.25) is 4.79 Å². The van der Waals surface area contributed by atoms with Crippen molar-refractivity contribution < 1.29 is 14.3 Å². The van der Waals surface area contributed by atoms with E-state index >= 15 is 0 Å². The topological polar surface area (TPSA) is 47.6 Å². The summed E-state index contributed by atoms with van der Waals surface area (Å²) in [4.78, 5) is 11.5. The molecular formula is C12H23NO3. The molecule has 1 fully saturated rings. The third kappa shape index (κ3) is 6.08. The van der Waals surface area contributed by atoms with Crippen molar-refractivity contribution in [3.63, 3.8) is 0 Å². The highest BCUT2D eigenvalue weighted by atomic mass is 16.5. The monoisotopic (exact) mass is 229 g/mol. The average molecular weight is 229 g/mol. The van der Waals surface area contributed by atoms with Gasteiger partial charge in [-0.15, -0.1) is 0 Å². The van der Waals surface area contributed by atoms with Crippen LogP contribution in [0.15, 0.2) is 0 Å². The second-order valence-corrected chi connectivity index (χ2v) is 4.27. The molecule has 0 unspecified atom stereocenters. The van der Waals surface area contributed by atoms with Crippen LogP contribution < -0.4 is 5.32 Å². The molecule has 0 spiro atoms. The Morgan fingerprint density at radius 3 is 2.56 bits per heavy atom. The average Bonchev–Trinajstić information content (AvgIpc) is 2.53. The van der Waals surface area contributed by atoms with E-state index in [0.29, 0.717) is 19.7 Å². The lowest BCUT2D eigenvalue weighted by Crippen LogP contribution is -2.30. The van der Waals surface area contributed by atoms with Gasteiger partial charge in [-0.05, 0) is 25.7 Å². The highest BCUT2D eigenvalue weighted by Gasteiger charge is 2.15. The van der Waals surface area contributed by atoms with E-state index in [9.17, 15) is 4.79 Å². The number of esters is 1. The van der Waals surface area contributed by atoms with Crippen LogP contribution in [0.3, 0.4) is 0 Å². The molecule has 0 aliphatic heterocycles. The van der Waals surface area contributed by atoms with E-state index in [0.717, 1.165) is 12.8 Å². The van der Waals surface area contributed by atoms with Gasteiger partial charge in [0.1, 0.15) is 6.10 Å². The number of carbonyl (C=O) groups is 1. The maximum Gasteiger partial charge on any atom is 0.320 e. The number of rotatable bonds is 6. The molecule has 1 aliphatic carbocycles. The van der Waals surface area contributed by atoms with E-state index in [1.165, 1.54) is 25.7 Å². The summed E-state index contributed by atoms with van der Waals surface area (Å²) < 4.78 is 10.3. The summed E-state index contributed by atoms with van der Waals surface area (Å²) in [5.74, 6) is -0.136. The molecule has 16 heavy (non-hydrogen) atoms. The zero-order valence-electron chi connectivity index (χ0n) is 10.2. The smallest absolute Gasteiger partial charge is 0.320 e. The molecule has 0 saturated heterocycles. The normalized spacial score (nSPS) is 18.1.